The molecule has 0 aromatic heterocycles. The fourth-order valence-corrected chi connectivity index (χ4v) is 2.88. The van der Waals surface area contributed by atoms with E-state index in [4.69, 9.17) is 4.74 Å². The van der Waals surface area contributed by atoms with Crippen LogP contribution in [0.15, 0.2) is 60.7 Å². The zero-order valence-corrected chi connectivity index (χ0v) is 14.1. The number of nitrogens with one attached hydrogen (secondary N) is 1. The number of likely N-dealkylation sites (tertiary alicyclic amines) is 1. The van der Waals surface area contributed by atoms with Crippen LogP contribution in [0.25, 0.3) is 0 Å². The number of carbonyl (C=O) groups is 2. The number of hydrogen-bond acceptors (Lipinski definition) is 3. The van der Waals surface area contributed by atoms with Crippen LogP contribution in [0.5, 0.6) is 0 Å². The Bertz CT molecular complexity index is 695. The van der Waals surface area contributed by atoms with Crippen molar-refractivity contribution in [3.8, 4) is 0 Å². The van der Waals surface area contributed by atoms with Gasteiger partial charge in [-0.05, 0) is 30.5 Å². The molecule has 2 amide bonds. The van der Waals surface area contributed by atoms with E-state index in [1.165, 1.54) is 0 Å². The van der Waals surface area contributed by atoms with Gasteiger partial charge >= 0.3 is 6.09 Å². The van der Waals surface area contributed by atoms with Gasteiger partial charge < -0.3 is 15.0 Å². The molecule has 25 heavy (non-hydrogen) atoms. The van der Waals surface area contributed by atoms with E-state index in [-0.39, 0.29) is 24.6 Å². The Morgan fingerprint density at radius 1 is 0.960 bits per heavy atom. The SMILES string of the molecule is O=C(NC1CCN(C(=O)OCc2ccccc2)CC1)c1ccccc1. The highest BCUT2D eigenvalue weighted by molar-refractivity contribution is 5.94. The molecule has 1 aliphatic heterocycles. The van der Waals surface area contributed by atoms with Gasteiger partial charge in [-0.25, -0.2) is 4.79 Å². The molecule has 0 bridgehead atoms. The quantitative estimate of drug-likeness (QED) is 0.931. The Balaban J connectivity index is 1.42. The van der Waals surface area contributed by atoms with Gasteiger partial charge in [-0.2, -0.15) is 0 Å². The summed E-state index contributed by atoms with van der Waals surface area (Å²) in [6.07, 6.45) is 1.18. The third kappa shape index (κ3) is 4.83. The Morgan fingerprint density at radius 2 is 1.56 bits per heavy atom. The summed E-state index contributed by atoms with van der Waals surface area (Å²) < 4.78 is 5.35. The van der Waals surface area contributed by atoms with Crippen molar-refractivity contribution in [2.24, 2.45) is 0 Å². The minimum atomic E-state index is -0.295. The third-order valence-electron chi connectivity index (χ3n) is 4.33. The van der Waals surface area contributed by atoms with Crippen LogP contribution in [0.4, 0.5) is 4.79 Å². The monoisotopic (exact) mass is 338 g/mol. The lowest BCUT2D eigenvalue weighted by Crippen LogP contribution is -2.46. The van der Waals surface area contributed by atoms with Crippen LogP contribution < -0.4 is 5.32 Å². The summed E-state index contributed by atoms with van der Waals surface area (Å²) >= 11 is 0. The number of amides is 2. The van der Waals surface area contributed by atoms with Crippen LogP contribution in [0.1, 0.15) is 28.8 Å². The fraction of sp³-hybridized carbons (Fsp3) is 0.300. The van der Waals surface area contributed by atoms with Crippen molar-refractivity contribution >= 4 is 12.0 Å². The smallest absolute Gasteiger partial charge is 0.410 e. The Labute approximate surface area is 147 Å². The van der Waals surface area contributed by atoms with Crippen LogP contribution in [0.2, 0.25) is 0 Å². The molecule has 0 saturated carbocycles. The number of benzene rings is 2. The average molecular weight is 338 g/mol. The molecule has 1 saturated heterocycles. The molecule has 1 fully saturated rings. The van der Waals surface area contributed by atoms with E-state index in [9.17, 15) is 9.59 Å². The average Bonchev–Trinajstić information content (AvgIpc) is 2.68. The first-order valence-electron chi connectivity index (χ1n) is 8.54. The summed E-state index contributed by atoms with van der Waals surface area (Å²) in [4.78, 5) is 26.0. The van der Waals surface area contributed by atoms with Gasteiger partial charge in [-0.1, -0.05) is 48.5 Å². The summed E-state index contributed by atoms with van der Waals surface area (Å²) in [7, 11) is 0. The molecule has 1 N–H and O–H groups in total. The van der Waals surface area contributed by atoms with Crippen LogP contribution in [0, 0.1) is 0 Å². The second-order valence-corrected chi connectivity index (χ2v) is 6.14. The topological polar surface area (TPSA) is 58.6 Å². The molecular weight excluding hydrogens is 316 g/mol. The molecule has 0 atom stereocenters. The molecule has 0 unspecified atom stereocenters. The van der Waals surface area contributed by atoms with Crippen molar-refractivity contribution in [3.63, 3.8) is 0 Å². The first kappa shape index (κ1) is 17.0. The molecular formula is C20H22N2O3. The second-order valence-electron chi connectivity index (χ2n) is 6.14. The molecule has 2 aromatic rings. The Kier molecular flexibility index (Phi) is 5.67. The molecule has 3 rings (SSSR count). The first-order valence-corrected chi connectivity index (χ1v) is 8.54. The lowest BCUT2D eigenvalue weighted by Gasteiger charge is -2.31. The van der Waals surface area contributed by atoms with Crippen molar-refractivity contribution in [1.29, 1.82) is 0 Å². The largest absolute Gasteiger partial charge is 0.445 e. The molecule has 5 nitrogen and oxygen atoms in total. The highest BCUT2D eigenvalue weighted by atomic mass is 16.6. The van der Waals surface area contributed by atoms with Gasteiger partial charge in [0.05, 0.1) is 0 Å². The summed E-state index contributed by atoms with van der Waals surface area (Å²) in [5.74, 6) is -0.0642. The molecule has 0 radical (unpaired) electrons. The maximum absolute atomic E-state index is 12.2. The van der Waals surface area contributed by atoms with E-state index in [2.05, 4.69) is 5.32 Å². The normalized spacial score (nSPS) is 14.8. The van der Waals surface area contributed by atoms with Crippen molar-refractivity contribution in [3.05, 3.63) is 71.8 Å². The molecule has 1 aliphatic rings. The van der Waals surface area contributed by atoms with E-state index in [0.29, 0.717) is 18.7 Å². The molecule has 130 valence electrons. The third-order valence-corrected chi connectivity index (χ3v) is 4.33. The van der Waals surface area contributed by atoms with Crippen molar-refractivity contribution < 1.29 is 14.3 Å². The van der Waals surface area contributed by atoms with Gasteiger partial charge in [0.1, 0.15) is 6.61 Å². The van der Waals surface area contributed by atoms with E-state index in [1.54, 1.807) is 17.0 Å². The lowest BCUT2D eigenvalue weighted by molar-refractivity contribution is 0.0809. The van der Waals surface area contributed by atoms with Crippen molar-refractivity contribution in [2.75, 3.05) is 13.1 Å². The van der Waals surface area contributed by atoms with E-state index in [1.807, 2.05) is 48.5 Å². The molecule has 5 heteroatoms. The van der Waals surface area contributed by atoms with Gasteiger partial charge in [-0.15, -0.1) is 0 Å². The highest BCUT2D eigenvalue weighted by Crippen LogP contribution is 2.13. The Morgan fingerprint density at radius 3 is 2.20 bits per heavy atom. The second kappa shape index (κ2) is 8.33. The number of hydrogen-bond donors (Lipinski definition) is 1. The van der Waals surface area contributed by atoms with Crippen LogP contribution in [0.3, 0.4) is 0 Å². The number of nitrogens with zero attached hydrogens (tertiary/aromatic N) is 1. The number of carbonyl (C=O) groups excluding carboxylic acids is 2. The minimum absolute atomic E-state index is 0.0642. The Hall–Kier alpha value is -2.82. The summed E-state index contributed by atoms with van der Waals surface area (Å²) in [5, 5.41) is 3.03. The first-order chi connectivity index (χ1) is 12.2. The zero-order chi connectivity index (χ0) is 17.5. The molecule has 0 aliphatic carbocycles. The van der Waals surface area contributed by atoms with Gasteiger partial charge in [-0.3, -0.25) is 4.79 Å². The number of ether oxygens (including phenoxy) is 1. The van der Waals surface area contributed by atoms with Crippen LogP contribution in [-0.2, 0) is 11.3 Å². The maximum Gasteiger partial charge on any atom is 0.410 e. The van der Waals surface area contributed by atoms with Crippen LogP contribution >= 0.6 is 0 Å². The van der Waals surface area contributed by atoms with Gasteiger partial charge in [0.2, 0.25) is 0 Å². The molecule has 1 heterocycles. The highest BCUT2D eigenvalue weighted by Gasteiger charge is 2.25. The van der Waals surface area contributed by atoms with E-state index in [0.717, 1.165) is 18.4 Å². The summed E-state index contributed by atoms with van der Waals surface area (Å²) in [6.45, 7) is 1.46. The van der Waals surface area contributed by atoms with E-state index >= 15 is 0 Å². The number of piperidine rings is 1. The standard InChI is InChI=1S/C20H22N2O3/c23-19(17-9-5-2-6-10-17)21-18-11-13-22(14-12-18)20(24)25-15-16-7-3-1-4-8-16/h1-10,18H,11-15H2,(H,21,23). The van der Waals surface area contributed by atoms with Crippen LogP contribution in [-0.4, -0.2) is 36.0 Å². The van der Waals surface area contributed by atoms with Crippen molar-refractivity contribution in [2.45, 2.75) is 25.5 Å². The molecule has 2 aromatic carbocycles. The minimum Gasteiger partial charge on any atom is -0.445 e. The predicted molar refractivity (Wildman–Crippen MR) is 95.1 cm³/mol. The predicted octanol–water partition coefficient (Wildman–Crippen LogP) is 3.22. The zero-order valence-electron chi connectivity index (χ0n) is 14.1. The van der Waals surface area contributed by atoms with Gasteiger partial charge in [0.25, 0.3) is 5.91 Å². The van der Waals surface area contributed by atoms with Gasteiger partial charge in [0, 0.05) is 24.7 Å². The van der Waals surface area contributed by atoms with Gasteiger partial charge in [0.15, 0.2) is 0 Å². The number of rotatable bonds is 4. The fourth-order valence-electron chi connectivity index (χ4n) is 2.88. The maximum atomic E-state index is 12.2. The summed E-state index contributed by atoms with van der Waals surface area (Å²) in [6, 6.07) is 18.9. The summed E-state index contributed by atoms with van der Waals surface area (Å²) in [5.41, 5.74) is 1.63. The van der Waals surface area contributed by atoms with Crippen molar-refractivity contribution in [1.82, 2.24) is 10.2 Å². The molecule has 0 spiro atoms. The van der Waals surface area contributed by atoms with E-state index < -0.39 is 0 Å². The lowest BCUT2D eigenvalue weighted by atomic mass is 10.0.